The minimum atomic E-state index is -3.93. The van der Waals surface area contributed by atoms with E-state index in [0.29, 0.717) is 15.8 Å². The summed E-state index contributed by atoms with van der Waals surface area (Å²) >= 11 is 7.17. The van der Waals surface area contributed by atoms with Gasteiger partial charge in [0.1, 0.15) is 5.82 Å². The first-order chi connectivity index (χ1) is 15.3. The summed E-state index contributed by atoms with van der Waals surface area (Å²) in [5, 5.41) is 5.54. The topological polar surface area (TPSA) is 88.2 Å². The van der Waals surface area contributed by atoms with Crippen molar-refractivity contribution < 1.29 is 17.6 Å². The summed E-state index contributed by atoms with van der Waals surface area (Å²) < 4.78 is 40.4. The van der Waals surface area contributed by atoms with Crippen molar-refractivity contribution in [3.8, 4) is 11.3 Å². The van der Waals surface area contributed by atoms with Gasteiger partial charge in [-0.3, -0.25) is 14.8 Å². The number of rotatable bonds is 6. The summed E-state index contributed by atoms with van der Waals surface area (Å²) in [6, 6.07) is 17.7. The van der Waals surface area contributed by atoms with E-state index in [1.165, 1.54) is 23.5 Å². The Bertz CT molecular complexity index is 1370. The molecular formula is C22H15ClFN3O3S2. The van der Waals surface area contributed by atoms with Gasteiger partial charge in [0.05, 0.1) is 10.6 Å². The van der Waals surface area contributed by atoms with E-state index in [1.807, 2.05) is 17.5 Å². The van der Waals surface area contributed by atoms with Crippen LogP contribution in [0.3, 0.4) is 0 Å². The number of hydrogen-bond acceptors (Lipinski definition) is 5. The van der Waals surface area contributed by atoms with E-state index in [4.69, 9.17) is 11.6 Å². The first-order valence-corrected chi connectivity index (χ1v) is 12.0. The molecular weight excluding hydrogens is 473 g/mol. The number of carbonyl (C=O) groups is 1. The Balaban J connectivity index is 1.48. The van der Waals surface area contributed by atoms with Crippen LogP contribution in [0.4, 0.5) is 15.2 Å². The number of hydrogen-bond donors (Lipinski definition) is 2. The largest absolute Gasteiger partial charge is 0.298 e. The summed E-state index contributed by atoms with van der Waals surface area (Å²) in [5.74, 6) is -0.978. The lowest BCUT2D eigenvalue weighted by Crippen LogP contribution is -2.15. The zero-order valence-corrected chi connectivity index (χ0v) is 18.6. The van der Waals surface area contributed by atoms with Gasteiger partial charge in [-0.1, -0.05) is 29.8 Å². The summed E-state index contributed by atoms with van der Waals surface area (Å²) in [6.07, 6.45) is 0. The van der Waals surface area contributed by atoms with Gasteiger partial charge in [-0.2, -0.15) is 0 Å². The molecule has 0 saturated heterocycles. The maximum Gasteiger partial charge on any atom is 0.261 e. The fraction of sp³-hybridized carbons (Fsp3) is 0. The van der Waals surface area contributed by atoms with E-state index in [1.54, 1.807) is 24.3 Å². The van der Waals surface area contributed by atoms with Crippen LogP contribution in [-0.4, -0.2) is 19.3 Å². The molecule has 0 aliphatic rings. The second kappa shape index (κ2) is 9.07. The van der Waals surface area contributed by atoms with Crippen molar-refractivity contribution in [3.63, 3.8) is 0 Å². The number of carbonyl (C=O) groups excluding carboxylic acids is 1. The number of nitrogens with one attached hydrogen (secondary N) is 2. The van der Waals surface area contributed by atoms with Crippen LogP contribution in [-0.2, 0) is 10.0 Å². The molecule has 10 heteroatoms. The molecule has 3 aromatic carbocycles. The van der Waals surface area contributed by atoms with Crippen molar-refractivity contribution >= 4 is 49.7 Å². The molecule has 0 fully saturated rings. The van der Waals surface area contributed by atoms with Crippen molar-refractivity contribution in [1.29, 1.82) is 0 Å². The molecule has 1 amide bonds. The van der Waals surface area contributed by atoms with Gasteiger partial charge in [0, 0.05) is 27.2 Å². The predicted molar refractivity (Wildman–Crippen MR) is 124 cm³/mol. The van der Waals surface area contributed by atoms with E-state index in [-0.39, 0.29) is 16.1 Å². The van der Waals surface area contributed by atoms with Gasteiger partial charge in [-0.25, -0.2) is 17.8 Å². The Hall–Kier alpha value is -3.27. The molecule has 0 radical (unpaired) electrons. The normalized spacial score (nSPS) is 11.2. The lowest BCUT2D eigenvalue weighted by molar-refractivity contribution is 0.102. The first-order valence-electron chi connectivity index (χ1n) is 9.21. The third-order valence-corrected chi connectivity index (χ3v) is 6.77. The Morgan fingerprint density at radius 2 is 1.72 bits per heavy atom. The summed E-state index contributed by atoms with van der Waals surface area (Å²) in [4.78, 5) is 17.0. The summed E-state index contributed by atoms with van der Waals surface area (Å²) in [5.41, 5.74) is 2.00. The molecule has 4 aromatic rings. The summed E-state index contributed by atoms with van der Waals surface area (Å²) in [7, 11) is -3.93. The van der Waals surface area contributed by atoms with Crippen LogP contribution < -0.4 is 10.0 Å². The van der Waals surface area contributed by atoms with Crippen molar-refractivity contribution in [2.75, 3.05) is 10.0 Å². The minimum absolute atomic E-state index is 0.0914. The molecule has 0 spiro atoms. The van der Waals surface area contributed by atoms with Crippen molar-refractivity contribution in [2.24, 2.45) is 0 Å². The molecule has 0 saturated carbocycles. The standard InChI is InChI=1S/C22H15ClFN3O3S2/c23-16-6-4-14(5-7-16)20-13-31-22(25-20)26-21(28)15-2-1-3-18(12-15)27-32(29,30)19-10-8-17(24)9-11-19/h1-13,27H,(H,25,26,28). The van der Waals surface area contributed by atoms with E-state index in [0.717, 1.165) is 29.8 Å². The maximum atomic E-state index is 13.1. The molecule has 6 nitrogen and oxygen atoms in total. The number of sulfonamides is 1. The molecule has 2 N–H and O–H groups in total. The molecule has 0 bridgehead atoms. The number of aromatic nitrogens is 1. The van der Waals surface area contributed by atoms with Gasteiger partial charge in [0.2, 0.25) is 0 Å². The molecule has 0 aliphatic heterocycles. The number of halogens is 2. The molecule has 162 valence electrons. The van der Waals surface area contributed by atoms with Crippen LogP contribution in [0.15, 0.2) is 83.1 Å². The Kier molecular flexibility index (Phi) is 6.22. The molecule has 4 rings (SSSR count). The highest BCUT2D eigenvalue weighted by Gasteiger charge is 2.16. The number of anilines is 2. The van der Waals surface area contributed by atoms with Gasteiger partial charge < -0.3 is 0 Å². The van der Waals surface area contributed by atoms with Gasteiger partial charge in [0.25, 0.3) is 15.9 Å². The highest BCUT2D eigenvalue weighted by Crippen LogP contribution is 2.26. The Morgan fingerprint density at radius 3 is 2.44 bits per heavy atom. The van der Waals surface area contributed by atoms with Crippen LogP contribution in [0.25, 0.3) is 11.3 Å². The monoisotopic (exact) mass is 487 g/mol. The third kappa shape index (κ3) is 5.13. The smallest absolute Gasteiger partial charge is 0.261 e. The molecule has 32 heavy (non-hydrogen) atoms. The van der Waals surface area contributed by atoms with Crippen LogP contribution in [0, 0.1) is 5.82 Å². The Morgan fingerprint density at radius 1 is 1.00 bits per heavy atom. The average molecular weight is 488 g/mol. The van der Waals surface area contributed by atoms with Crippen LogP contribution in [0.1, 0.15) is 10.4 Å². The second-order valence-corrected chi connectivity index (χ2v) is 9.62. The molecule has 0 atom stereocenters. The number of nitrogens with zero attached hydrogens (tertiary/aromatic N) is 1. The zero-order valence-electron chi connectivity index (χ0n) is 16.2. The highest BCUT2D eigenvalue weighted by molar-refractivity contribution is 7.92. The maximum absolute atomic E-state index is 13.1. The van der Waals surface area contributed by atoms with Crippen molar-refractivity contribution in [3.05, 3.63) is 94.6 Å². The van der Waals surface area contributed by atoms with Gasteiger partial charge >= 0.3 is 0 Å². The number of benzene rings is 3. The van der Waals surface area contributed by atoms with E-state index < -0.39 is 21.7 Å². The number of amides is 1. The molecule has 1 heterocycles. The highest BCUT2D eigenvalue weighted by atomic mass is 35.5. The molecule has 0 unspecified atom stereocenters. The van der Waals surface area contributed by atoms with Crippen molar-refractivity contribution in [1.82, 2.24) is 4.98 Å². The van der Waals surface area contributed by atoms with Gasteiger partial charge in [0.15, 0.2) is 5.13 Å². The molecule has 0 aliphatic carbocycles. The average Bonchev–Trinajstić information content (AvgIpc) is 3.23. The molecule has 1 aromatic heterocycles. The van der Waals surface area contributed by atoms with Gasteiger partial charge in [-0.15, -0.1) is 11.3 Å². The first kappa shape index (κ1) is 21.9. The third-order valence-electron chi connectivity index (χ3n) is 4.37. The summed E-state index contributed by atoms with van der Waals surface area (Å²) in [6.45, 7) is 0. The Labute approximate surface area is 192 Å². The van der Waals surface area contributed by atoms with Crippen LogP contribution >= 0.6 is 22.9 Å². The second-order valence-electron chi connectivity index (χ2n) is 6.64. The predicted octanol–water partition coefficient (Wildman–Crippen LogP) is 5.66. The fourth-order valence-corrected chi connectivity index (χ4v) is 4.70. The van der Waals surface area contributed by atoms with Gasteiger partial charge in [-0.05, 0) is 54.6 Å². The quantitative estimate of drug-likeness (QED) is 0.367. The lowest BCUT2D eigenvalue weighted by atomic mass is 10.2. The zero-order chi connectivity index (χ0) is 22.7. The number of thiazole rings is 1. The van der Waals surface area contributed by atoms with E-state index in [2.05, 4.69) is 15.0 Å². The van der Waals surface area contributed by atoms with Crippen LogP contribution in [0.5, 0.6) is 0 Å². The van der Waals surface area contributed by atoms with Crippen molar-refractivity contribution in [2.45, 2.75) is 4.90 Å². The minimum Gasteiger partial charge on any atom is -0.298 e. The van der Waals surface area contributed by atoms with E-state index in [9.17, 15) is 17.6 Å². The SMILES string of the molecule is O=C(Nc1nc(-c2ccc(Cl)cc2)cs1)c1cccc(NS(=O)(=O)c2ccc(F)cc2)c1. The van der Waals surface area contributed by atoms with Crippen LogP contribution in [0.2, 0.25) is 5.02 Å². The lowest BCUT2D eigenvalue weighted by Gasteiger charge is -2.09. The fourth-order valence-electron chi connectivity index (χ4n) is 2.81. The van der Waals surface area contributed by atoms with E-state index >= 15 is 0 Å².